The molecule has 0 aliphatic carbocycles. The van der Waals surface area contributed by atoms with Crippen LogP contribution in [0.1, 0.15) is 11.1 Å². The fourth-order valence-electron chi connectivity index (χ4n) is 1.97. The van der Waals surface area contributed by atoms with Crippen molar-refractivity contribution in [2.45, 2.75) is 13.8 Å². The molecule has 0 aliphatic rings. The van der Waals surface area contributed by atoms with Gasteiger partial charge in [-0.05, 0) is 31.0 Å². The van der Waals surface area contributed by atoms with Crippen LogP contribution in [0.4, 0.5) is 10.5 Å². The number of carbonyl (C=O) groups is 1. The van der Waals surface area contributed by atoms with Gasteiger partial charge in [-0.15, -0.1) is 0 Å². The first kappa shape index (κ1) is 12.2. The second-order valence-corrected chi connectivity index (χ2v) is 4.29. The summed E-state index contributed by atoms with van der Waals surface area (Å²) in [5.41, 5.74) is 4.85. The molecule has 92 valence electrons. The predicted molar refractivity (Wildman–Crippen MR) is 73.0 cm³/mol. The maximum absolute atomic E-state index is 10.8. The monoisotopic (exact) mass is 241 g/mol. The maximum Gasteiger partial charge on any atom is 0.409 e. The molecule has 0 saturated carbocycles. The van der Waals surface area contributed by atoms with Crippen molar-refractivity contribution in [1.29, 1.82) is 0 Å². The quantitative estimate of drug-likeness (QED) is 0.833. The molecule has 0 atom stereocenters. The number of anilines is 1. The molecule has 0 radical (unpaired) electrons. The van der Waals surface area contributed by atoms with E-state index in [4.69, 9.17) is 5.11 Å². The first-order valence-electron chi connectivity index (χ1n) is 5.74. The Morgan fingerprint density at radius 3 is 2.50 bits per heavy atom. The van der Waals surface area contributed by atoms with E-state index in [1.807, 2.05) is 44.2 Å². The van der Waals surface area contributed by atoms with Crippen molar-refractivity contribution < 1.29 is 9.90 Å². The van der Waals surface area contributed by atoms with Gasteiger partial charge in [0.25, 0.3) is 0 Å². The average molecular weight is 241 g/mol. The van der Waals surface area contributed by atoms with E-state index in [2.05, 4.69) is 11.4 Å². The van der Waals surface area contributed by atoms with E-state index < -0.39 is 6.09 Å². The van der Waals surface area contributed by atoms with Gasteiger partial charge in [0.1, 0.15) is 0 Å². The van der Waals surface area contributed by atoms with E-state index in [-0.39, 0.29) is 0 Å². The van der Waals surface area contributed by atoms with Gasteiger partial charge in [-0.2, -0.15) is 0 Å². The van der Waals surface area contributed by atoms with E-state index in [1.54, 1.807) is 6.07 Å². The van der Waals surface area contributed by atoms with Gasteiger partial charge in [0.15, 0.2) is 0 Å². The Morgan fingerprint density at radius 2 is 1.78 bits per heavy atom. The number of hydrogen-bond donors (Lipinski definition) is 2. The zero-order chi connectivity index (χ0) is 13.1. The first-order chi connectivity index (χ1) is 8.58. The summed E-state index contributed by atoms with van der Waals surface area (Å²) >= 11 is 0. The summed E-state index contributed by atoms with van der Waals surface area (Å²) in [6.45, 7) is 4.04. The Balaban J connectivity index is 2.56. The highest BCUT2D eigenvalue weighted by Crippen LogP contribution is 2.31. The Bertz CT molecular complexity index is 591. The van der Waals surface area contributed by atoms with Crippen LogP contribution in [0, 0.1) is 13.8 Å². The zero-order valence-corrected chi connectivity index (χ0v) is 10.4. The van der Waals surface area contributed by atoms with E-state index >= 15 is 0 Å². The number of benzene rings is 2. The number of nitrogens with one attached hydrogen (secondary N) is 1. The lowest BCUT2D eigenvalue weighted by Crippen LogP contribution is -2.08. The third kappa shape index (κ3) is 2.51. The number of para-hydroxylation sites is 1. The zero-order valence-electron chi connectivity index (χ0n) is 10.4. The van der Waals surface area contributed by atoms with E-state index in [0.29, 0.717) is 5.69 Å². The second kappa shape index (κ2) is 4.92. The molecule has 18 heavy (non-hydrogen) atoms. The summed E-state index contributed by atoms with van der Waals surface area (Å²) in [6, 6.07) is 13.6. The van der Waals surface area contributed by atoms with Gasteiger partial charge in [-0.3, -0.25) is 5.32 Å². The molecule has 0 aliphatic heterocycles. The maximum atomic E-state index is 10.8. The van der Waals surface area contributed by atoms with Crippen LogP contribution in [-0.2, 0) is 0 Å². The van der Waals surface area contributed by atoms with E-state index in [0.717, 1.165) is 22.3 Å². The van der Waals surface area contributed by atoms with Gasteiger partial charge >= 0.3 is 6.09 Å². The topological polar surface area (TPSA) is 49.3 Å². The van der Waals surface area contributed by atoms with Crippen LogP contribution in [0.15, 0.2) is 42.5 Å². The van der Waals surface area contributed by atoms with Crippen molar-refractivity contribution in [2.75, 3.05) is 5.32 Å². The molecule has 2 N–H and O–H groups in total. The predicted octanol–water partition coefficient (Wildman–Crippen LogP) is 4.06. The lowest BCUT2D eigenvalue weighted by molar-refractivity contribution is 0.210. The van der Waals surface area contributed by atoms with Gasteiger partial charge in [0, 0.05) is 5.56 Å². The molecule has 0 spiro atoms. The number of aryl methyl sites for hydroxylation is 2. The number of carboxylic acid groups (broad SMARTS) is 1. The summed E-state index contributed by atoms with van der Waals surface area (Å²) in [6.07, 6.45) is -1.05. The average Bonchev–Trinajstić information content (AvgIpc) is 2.32. The smallest absolute Gasteiger partial charge is 0.409 e. The molecule has 0 heterocycles. The third-order valence-corrected chi connectivity index (χ3v) is 2.85. The standard InChI is InChI=1S/C15H15NO2/c1-10-7-8-11(2)13(9-10)12-5-3-4-6-14(12)16-15(17)18/h3-9,16H,1-2H3,(H,17,18). The Morgan fingerprint density at radius 1 is 1.06 bits per heavy atom. The fraction of sp³-hybridized carbons (Fsp3) is 0.133. The van der Waals surface area contributed by atoms with Crippen molar-refractivity contribution in [1.82, 2.24) is 0 Å². The summed E-state index contributed by atoms with van der Waals surface area (Å²) < 4.78 is 0. The van der Waals surface area contributed by atoms with Gasteiger partial charge in [-0.1, -0.05) is 42.0 Å². The van der Waals surface area contributed by atoms with Gasteiger partial charge < -0.3 is 5.11 Å². The molecule has 2 aromatic rings. The number of amides is 1. The number of hydrogen-bond acceptors (Lipinski definition) is 1. The van der Waals surface area contributed by atoms with Crippen molar-refractivity contribution in [3.8, 4) is 11.1 Å². The van der Waals surface area contributed by atoms with Crippen LogP contribution in [0.25, 0.3) is 11.1 Å². The minimum absolute atomic E-state index is 0.610. The Labute approximate surface area is 106 Å². The molecule has 0 saturated heterocycles. The SMILES string of the molecule is Cc1ccc(C)c(-c2ccccc2NC(=O)O)c1. The second-order valence-electron chi connectivity index (χ2n) is 4.29. The van der Waals surface area contributed by atoms with Crippen molar-refractivity contribution in [3.63, 3.8) is 0 Å². The Hall–Kier alpha value is -2.29. The summed E-state index contributed by atoms with van der Waals surface area (Å²) in [5, 5.41) is 11.3. The van der Waals surface area contributed by atoms with Crippen LogP contribution in [0.3, 0.4) is 0 Å². The van der Waals surface area contributed by atoms with Crippen LogP contribution < -0.4 is 5.32 Å². The lowest BCUT2D eigenvalue weighted by Gasteiger charge is -2.12. The van der Waals surface area contributed by atoms with E-state index in [9.17, 15) is 4.79 Å². The molecular formula is C15H15NO2. The molecular weight excluding hydrogens is 226 g/mol. The normalized spacial score (nSPS) is 10.1. The van der Waals surface area contributed by atoms with Crippen molar-refractivity contribution >= 4 is 11.8 Å². The minimum Gasteiger partial charge on any atom is -0.465 e. The summed E-state index contributed by atoms with van der Waals surface area (Å²) in [5.74, 6) is 0. The number of rotatable bonds is 2. The molecule has 1 amide bonds. The molecule has 0 fully saturated rings. The largest absolute Gasteiger partial charge is 0.465 e. The van der Waals surface area contributed by atoms with Crippen LogP contribution >= 0.6 is 0 Å². The highest BCUT2D eigenvalue weighted by molar-refractivity contribution is 5.91. The molecule has 2 aromatic carbocycles. The van der Waals surface area contributed by atoms with Gasteiger partial charge in [0.05, 0.1) is 5.69 Å². The van der Waals surface area contributed by atoms with Gasteiger partial charge in [0.2, 0.25) is 0 Å². The molecule has 2 rings (SSSR count). The minimum atomic E-state index is -1.05. The molecule has 0 aromatic heterocycles. The third-order valence-electron chi connectivity index (χ3n) is 2.85. The molecule has 3 heteroatoms. The van der Waals surface area contributed by atoms with Crippen LogP contribution in [-0.4, -0.2) is 11.2 Å². The lowest BCUT2D eigenvalue weighted by atomic mass is 9.97. The fourth-order valence-corrected chi connectivity index (χ4v) is 1.97. The van der Waals surface area contributed by atoms with Crippen LogP contribution in [0.2, 0.25) is 0 Å². The summed E-state index contributed by atoms with van der Waals surface area (Å²) in [4.78, 5) is 10.8. The van der Waals surface area contributed by atoms with Crippen molar-refractivity contribution in [3.05, 3.63) is 53.6 Å². The highest BCUT2D eigenvalue weighted by atomic mass is 16.4. The van der Waals surface area contributed by atoms with Crippen molar-refractivity contribution in [2.24, 2.45) is 0 Å². The molecule has 0 bridgehead atoms. The first-order valence-corrected chi connectivity index (χ1v) is 5.74. The van der Waals surface area contributed by atoms with Gasteiger partial charge in [-0.25, -0.2) is 4.79 Å². The molecule has 0 unspecified atom stereocenters. The molecule has 3 nitrogen and oxygen atoms in total. The Kier molecular flexibility index (Phi) is 3.33. The highest BCUT2D eigenvalue weighted by Gasteiger charge is 2.09. The summed E-state index contributed by atoms with van der Waals surface area (Å²) in [7, 11) is 0. The van der Waals surface area contributed by atoms with E-state index in [1.165, 1.54) is 0 Å². The van der Waals surface area contributed by atoms with Crippen LogP contribution in [0.5, 0.6) is 0 Å².